The zero-order chi connectivity index (χ0) is 17.1. The third kappa shape index (κ3) is 3.99. The van der Waals surface area contributed by atoms with Crippen molar-refractivity contribution in [2.24, 2.45) is 10.9 Å². The third-order valence-corrected chi connectivity index (χ3v) is 5.88. The van der Waals surface area contributed by atoms with Gasteiger partial charge in [-0.15, -0.1) is 0 Å². The average molecular weight is 356 g/mol. The van der Waals surface area contributed by atoms with Crippen molar-refractivity contribution in [2.45, 2.75) is 50.7 Å². The second kappa shape index (κ2) is 7.76. The van der Waals surface area contributed by atoms with Crippen LogP contribution in [0.1, 0.15) is 43.2 Å². The quantitative estimate of drug-likeness (QED) is 0.828. The Bertz CT molecular complexity index is 684. The van der Waals surface area contributed by atoms with Crippen molar-refractivity contribution < 1.29 is 0 Å². The number of aliphatic imine (C=N–C) groups is 1. The Balaban J connectivity index is 1.35. The zero-order valence-electron chi connectivity index (χ0n) is 14.5. The molecule has 0 saturated heterocycles. The van der Waals surface area contributed by atoms with Gasteiger partial charge < -0.3 is 10.6 Å². The van der Waals surface area contributed by atoms with Gasteiger partial charge in [0.1, 0.15) is 0 Å². The van der Waals surface area contributed by atoms with E-state index in [1.165, 1.54) is 43.2 Å². The third-order valence-electron chi connectivity index (χ3n) is 5.55. The van der Waals surface area contributed by atoms with Gasteiger partial charge in [-0.3, -0.25) is 4.99 Å². The number of halogens is 1. The van der Waals surface area contributed by atoms with Crippen molar-refractivity contribution >= 4 is 23.5 Å². The predicted octanol–water partition coefficient (Wildman–Crippen LogP) is 4.24. The van der Waals surface area contributed by atoms with Gasteiger partial charge in [-0.1, -0.05) is 61.2 Å². The molecule has 0 bridgehead atoms. The van der Waals surface area contributed by atoms with Crippen LogP contribution in [0.3, 0.4) is 0 Å². The Morgan fingerprint density at radius 1 is 1.08 bits per heavy atom. The summed E-state index contributed by atoms with van der Waals surface area (Å²) >= 11 is 6.47. The monoisotopic (exact) mass is 355 g/mol. The summed E-state index contributed by atoms with van der Waals surface area (Å²) in [6.07, 6.45) is 13.0. The molecule has 3 nitrogen and oxygen atoms in total. The Kier molecular flexibility index (Phi) is 5.23. The molecule has 1 saturated carbocycles. The van der Waals surface area contributed by atoms with Gasteiger partial charge in [0.05, 0.1) is 18.4 Å². The van der Waals surface area contributed by atoms with Gasteiger partial charge in [-0.2, -0.15) is 0 Å². The van der Waals surface area contributed by atoms with Crippen LogP contribution in [0, 0.1) is 5.92 Å². The summed E-state index contributed by atoms with van der Waals surface area (Å²) in [6, 6.07) is 9.14. The number of hydrogen-bond donors (Lipinski definition) is 2. The van der Waals surface area contributed by atoms with Crippen LogP contribution >= 0.6 is 11.6 Å². The fourth-order valence-electron chi connectivity index (χ4n) is 4.05. The standard InChI is InChI=1S/C21H26ClN3/c22-19-11-21-20(24-14-25-21)10-18(19)17-8-6-16(7-9-17)13-23-12-15-4-2-1-3-5-15/h6-11,14-15,20-21,23H,1-5,12-13H2,(H,24,25). The first-order valence-electron chi connectivity index (χ1n) is 9.47. The molecule has 2 unspecified atom stereocenters. The summed E-state index contributed by atoms with van der Waals surface area (Å²) in [4.78, 5) is 4.37. The largest absolute Gasteiger partial charge is 0.368 e. The molecule has 1 fully saturated rings. The molecule has 1 aliphatic heterocycles. The first-order valence-corrected chi connectivity index (χ1v) is 9.84. The number of nitrogens with zero attached hydrogens (tertiary/aromatic N) is 1. The first kappa shape index (κ1) is 16.9. The first-order chi connectivity index (χ1) is 12.3. The van der Waals surface area contributed by atoms with Crippen molar-refractivity contribution in [3.63, 3.8) is 0 Å². The summed E-state index contributed by atoms with van der Waals surface area (Å²) in [5.74, 6) is 0.874. The number of nitrogens with one attached hydrogen (secondary N) is 2. The van der Waals surface area contributed by atoms with Gasteiger partial charge in [0.25, 0.3) is 0 Å². The fourth-order valence-corrected chi connectivity index (χ4v) is 4.35. The molecule has 2 atom stereocenters. The number of benzene rings is 1. The van der Waals surface area contributed by atoms with E-state index in [1.54, 1.807) is 6.34 Å². The minimum absolute atomic E-state index is 0.138. The lowest BCUT2D eigenvalue weighted by molar-refractivity contribution is 0.342. The summed E-state index contributed by atoms with van der Waals surface area (Å²) in [5, 5.41) is 7.70. The van der Waals surface area contributed by atoms with E-state index in [4.69, 9.17) is 11.6 Å². The molecule has 4 rings (SSSR count). The number of rotatable bonds is 5. The average Bonchev–Trinajstić information content (AvgIpc) is 3.10. The van der Waals surface area contributed by atoms with E-state index in [0.29, 0.717) is 0 Å². The lowest BCUT2D eigenvalue weighted by Crippen LogP contribution is -2.30. The lowest BCUT2D eigenvalue weighted by atomic mass is 9.89. The molecule has 0 radical (unpaired) electrons. The van der Waals surface area contributed by atoms with E-state index in [0.717, 1.165) is 29.6 Å². The van der Waals surface area contributed by atoms with Gasteiger partial charge in [0.15, 0.2) is 0 Å². The van der Waals surface area contributed by atoms with Gasteiger partial charge in [0, 0.05) is 11.6 Å². The maximum absolute atomic E-state index is 6.47. The van der Waals surface area contributed by atoms with Crippen LogP contribution < -0.4 is 10.6 Å². The summed E-state index contributed by atoms with van der Waals surface area (Å²) in [5.41, 5.74) is 3.60. The molecule has 1 aromatic carbocycles. The molecule has 2 aliphatic carbocycles. The normalized spacial score (nSPS) is 26.0. The highest BCUT2D eigenvalue weighted by molar-refractivity contribution is 6.37. The molecule has 1 aromatic rings. The molecular weight excluding hydrogens is 330 g/mol. The number of fused-ring (bicyclic) bond motifs is 1. The highest BCUT2D eigenvalue weighted by Crippen LogP contribution is 2.33. The van der Waals surface area contributed by atoms with Crippen molar-refractivity contribution in [3.8, 4) is 0 Å². The van der Waals surface area contributed by atoms with E-state index in [9.17, 15) is 0 Å². The van der Waals surface area contributed by atoms with Crippen LogP contribution in [0.5, 0.6) is 0 Å². The zero-order valence-corrected chi connectivity index (χ0v) is 15.3. The van der Waals surface area contributed by atoms with Crippen molar-refractivity contribution in [1.29, 1.82) is 0 Å². The summed E-state index contributed by atoms with van der Waals surface area (Å²) in [6.45, 7) is 2.09. The number of hydrogen-bond acceptors (Lipinski definition) is 3. The van der Waals surface area contributed by atoms with Gasteiger partial charge in [-0.25, -0.2) is 0 Å². The minimum atomic E-state index is 0.138. The Morgan fingerprint density at radius 3 is 2.68 bits per heavy atom. The Morgan fingerprint density at radius 2 is 1.88 bits per heavy atom. The van der Waals surface area contributed by atoms with Gasteiger partial charge >= 0.3 is 0 Å². The Labute approximate surface area is 155 Å². The van der Waals surface area contributed by atoms with Crippen LogP contribution in [0.15, 0.2) is 46.4 Å². The van der Waals surface area contributed by atoms with E-state index in [1.807, 2.05) is 6.08 Å². The molecule has 2 N–H and O–H groups in total. The van der Waals surface area contributed by atoms with Crippen LogP contribution in [0.4, 0.5) is 0 Å². The smallest absolute Gasteiger partial charge is 0.0952 e. The molecule has 4 heteroatoms. The predicted molar refractivity (Wildman–Crippen MR) is 106 cm³/mol. The second-order valence-corrected chi connectivity index (χ2v) is 7.80. The van der Waals surface area contributed by atoms with Crippen molar-refractivity contribution in [1.82, 2.24) is 10.6 Å². The highest BCUT2D eigenvalue weighted by Gasteiger charge is 2.26. The highest BCUT2D eigenvalue weighted by atomic mass is 35.5. The molecule has 0 amide bonds. The molecule has 25 heavy (non-hydrogen) atoms. The summed E-state index contributed by atoms with van der Waals surface area (Å²) in [7, 11) is 0. The van der Waals surface area contributed by atoms with Crippen molar-refractivity contribution in [2.75, 3.05) is 6.54 Å². The fraction of sp³-hybridized carbons (Fsp3) is 0.476. The molecule has 3 aliphatic rings. The Hall–Kier alpha value is -1.58. The molecule has 132 valence electrons. The van der Waals surface area contributed by atoms with Crippen molar-refractivity contribution in [3.05, 3.63) is 52.6 Å². The number of allylic oxidation sites excluding steroid dienone is 2. The van der Waals surface area contributed by atoms with Gasteiger partial charge in [-0.05, 0) is 48.1 Å². The van der Waals surface area contributed by atoms with E-state index >= 15 is 0 Å². The molecule has 0 spiro atoms. The molecule has 1 heterocycles. The topological polar surface area (TPSA) is 36.4 Å². The van der Waals surface area contributed by atoms with Gasteiger partial charge in [0.2, 0.25) is 0 Å². The maximum atomic E-state index is 6.47. The van der Waals surface area contributed by atoms with E-state index in [-0.39, 0.29) is 12.1 Å². The van der Waals surface area contributed by atoms with E-state index in [2.05, 4.69) is 46.0 Å². The maximum Gasteiger partial charge on any atom is 0.0952 e. The van der Waals surface area contributed by atoms with Crippen LogP contribution in [0.25, 0.3) is 5.57 Å². The lowest BCUT2D eigenvalue weighted by Gasteiger charge is -2.22. The van der Waals surface area contributed by atoms with Crippen LogP contribution in [-0.2, 0) is 6.54 Å². The minimum Gasteiger partial charge on any atom is -0.368 e. The van der Waals surface area contributed by atoms with E-state index < -0.39 is 0 Å². The summed E-state index contributed by atoms with van der Waals surface area (Å²) < 4.78 is 0. The second-order valence-electron chi connectivity index (χ2n) is 7.39. The van der Waals surface area contributed by atoms with Crippen LogP contribution in [0.2, 0.25) is 0 Å². The molecular formula is C21H26ClN3. The molecule has 0 aromatic heterocycles. The SMILES string of the molecule is ClC1=CC2N=CNC2C=C1c1ccc(CNCC2CCCCC2)cc1. The van der Waals surface area contributed by atoms with Crippen LogP contribution in [-0.4, -0.2) is 25.0 Å².